The Kier molecular flexibility index (Phi) is 3.44. The van der Waals surface area contributed by atoms with E-state index in [1.165, 1.54) is 0 Å². The van der Waals surface area contributed by atoms with Crippen LogP contribution in [0, 0.1) is 0 Å². The first kappa shape index (κ1) is 12.8. The molecule has 2 N–H and O–H groups in total. The van der Waals surface area contributed by atoms with Gasteiger partial charge in [-0.05, 0) is 43.3 Å². The van der Waals surface area contributed by atoms with Gasteiger partial charge < -0.3 is 10.6 Å². The molecule has 1 aliphatic rings. The van der Waals surface area contributed by atoms with Crippen LogP contribution < -0.4 is 10.6 Å². The summed E-state index contributed by atoms with van der Waals surface area (Å²) < 4.78 is 0. The third-order valence-corrected chi connectivity index (χ3v) is 3.16. The van der Waals surface area contributed by atoms with Crippen molar-refractivity contribution in [2.75, 3.05) is 10.6 Å². The van der Waals surface area contributed by atoms with Crippen LogP contribution in [0.2, 0.25) is 5.02 Å². The number of aliphatic imine (C=N–C) groups is 1. The molecule has 0 atom stereocenters. The van der Waals surface area contributed by atoms with E-state index in [-0.39, 0.29) is 0 Å². The van der Waals surface area contributed by atoms with E-state index < -0.39 is 0 Å². The Morgan fingerprint density at radius 1 is 1.10 bits per heavy atom. The van der Waals surface area contributed by atoms with E-state index in [0.29, 0.717) is 5.02 Å². The third-order valence-electron chi connectivity index (χ3n) is 2.93. The summed E-state index contributed by atoms with van der Waals surface area (Å²) in [6.45, 7) is 2.01. The maximum absolute atomic E-state index is 6.00. The van der Waals surface area contributed by atoms with Crippen LogP contribution in [0.15, 0.2) is 65.3 Å². The highest BCUT2D eigenvalue weighted by molar-refractivity contribution is 6.31. The van der Waals surface area contributed by atoms with Gasteiger partial charge in [0.25, 0.3) is 0 Å². The van der Waals surface area contributed by atoms with Crippen LogP contribution in [0.5, 0.6) is 0 Å². The fourth-order valence-electron chi connectivity index (χ4n) is 2.07. The Labute approximate surface area is 123 Å². The number of rotatable bonds is 1. The average molecular weight is 284 g/mol. The summed E-state index contributed by atoms with van der Waals surface area (Å²) in [6, 6.07) is 15.5. The van der Waals surface area contributed by atoms with Gasteiger partial charge in [0.2, 0.25) is 0 Å². The van der Waals surface area contributed by atoms with Crippen molar-refractivity contribution in [1.29, 1.82) is 0 Å². The smallest absolute Gasteiger partial charge is 0.132 e. The standard InChI is InChI=1S/C16H14ClN3/c1-11-9-16(19-13-6-4-5-12(17)10-13)20-15-8-3-2-7-14(15)18-11/h2-10,18H,1H3,(H,19,20). The van der Waals surface area contributed by atoms with Gasteiger partial charge in [0.1, 0.15) is 5.84 Å². The molecule has 2 aromatic rings. The van der Waals surface area contributed by atoms with Gasteiger partial charge >= 0.3 is 0 Å². The lowest BCUT2D eigenvalue weighted by Crippen LogP contribution is -2.09. The number of para-hydroxylation sites is 2. The number of amidine groups is 1. The average Bonchev–Trinajstić information content (AvgIpc) is 2.56. The lowest BCUT2D eigenvalue weighted by Gasteiger charge is -2.06. The normalized spacial score (nSPS) is 13.5. The molecule has 0 fully saturated rings. The fourth-order valence-corrected chi connectivity index (χ4v) is 2.26. The van der Waals surface area contributed by atoms with Crippen LogP contribution in [0.4, 0.5) is 17.1 Å². The van der Waals surface area contributed by atoms with Crippen LogP contribution in [0.25, 0.3) is 0 Å². The van der Waals surface area contributed by atoms with Crippen LogP contribution in [0.1, 0.15) is 6.92 Å². The van der Waals surface area contributed by atoms with E-state index in [1.807, 2.05) is 61.5 Å². The monoisotopic (exact) mass is 283 g/mol. The highest BCUT2D eigenvalue weighted by atomic mass is 35.5. The number of hydrogen-bond acceptors (Lipinski definition) is 3. The van der Waals surface area contributed by atoms with Crippen molar-refractivity contribution in [3.63, 3.8) is 0 Å². The first-order valence-electron chi connectivity index (χ1n) is 6.36. The Balaban J connectivity index is 1.96. The van der Waals surface area contributed by atoms with Gasteiger partial charge in [-0.2, -0.15) is 0 Å². The summed E-state index contributed by atoms with van der Waals surface area (Å²) in [7, 11) is 0. The van der Waals surface area contributed by atoms with Crippen molar-refractivity contribution in [2.45, 2.75) is 6.92 Å². The SMILES string of the molecule is CC1=CC(Nc2cccc(Cl)c2)=Nc2ccccc2N1. The number of fused-ring (bicyclic) bond motifs is 1. The maximum atomic E-state index is 6.00. The summed E-state index contributed by atoms with van der Waals surface area (Å²) in [6.07, 6.45) is 1.97. The molecule has 0 amide bonds. The minimum atomic E-state index is 0.698. The molecule has 2 aromatic carbocycles. The molecule has 3 rings (SSSR count). The van der Waals surface area contributed by atoms with Gasteiger partial charge in [0.15, 0.2) is 0 Å². The molecule has 1 aliphatic heterocycles. The molecular formula is C16H14ClN3. The minimum absolute atomic E-state index is 0.698. The lowest BCUT2D eigenvalue weighted by atomic mass is 10.2. The van der Waals surface area contributed by atoms with Gasteiger partial charge in [-0.3, -0.25) is 0 Å². The molecule has 1 heterocycles. The molecule has 20 heavy (non-hydrogen) atoms. The largest absolute Gasteiger partial charge is 0.357 e. The Bertz CT molecular complexity index is 704. The van der Waals surface area contributed by atoms with Crippen molar-refractivity contribution in [1.82, 2.24) is 0 Å². The molecule has 0 spiro atoms. The molecular weight excluding hydrogens is 270 g/mol. The van der Waals surface area contributed by atoms with Gasteiger partial charge in [-0.1, -0.05) is 29.8 Å². The second kappa shape index (κ2) is 5.39. The zero-order valence-electron chi connectivity index (χ0n) is 11.0. The molecule has 4 heteroatoms. The molecule has 0 aromatic heterocycles. The van der Waals surface area contributed by atoms with Crippen LogP contribution in [-0.4, -0.2) is 5.84 Å². The molecule has 0 aliphatic carbocycles. The third kappa shape index (κ3) is 2.83. The van der Waals surface area contributed by atoms with E-state index in [4.69, 9.17) is 11.6 Å². The number of benzene rings is 2. The van der Waals surface area contributed by atoms with E-state index in [2.05, 4.69) is 15.6 Å². The highest BCUT2D eigenvalue weighted by Gasteiger charge is 2.08. The Hall–Kier alpha value is -2.26. The van der Waals surface area contributed by atoms with Crippen LogP contribution >= 0.6 is 11.6 Å². The number of allylic oxidation sites excluding steroid dienone is 1. The lowest BCUT2D eigenvalue weighted by molar-refractivity contribution is 1.39. The molecule has 3 nitrogen and oxygen atoms in total. The molecule has 0 unspecified atom stereocenters. The predicted molar refractivity (Wildman–Crippen MR) is 86.0 cm³/mol. The van der Waals surface area contributed by atoms with Crippen molar-refractivity contribution >= 4 is 34.5 Å². The topological polar surface area (TPSA) is 36.4 Å². The predicted octanol–water partition coefficient (Wildman–Crippen LogP) is 4.81. The van der Waals surface area contributed by atoms with E-state index in [1.54, 1.807) is 0 Å². The number of nitrogens with one attached hydrogen (secondary N) is 2. The zero-order valence-corrected chi connectivity index (χ0v) is 11.8. The molecule has 100 valence electrons. The fraction of sp³-hybridized carbons (Fsp3) is 0.0625. The summed E-state index contributed by atoms with van der Waals surface area (Å²) in [5.41, 5.74) is 3.86. The van der Waals surface area contributed by atoms with Crippen molar-refractivity contribution in [3.05, 3.63) is 65.3 Å². The van der Waals surface area contributed by atoms with Crippen LogP contribution in [0.3, 0.4) is 0 Å². The van der Waals surface area contributed by atoms with E-state index >= 15 is 0 Å². The summed E-state index contributed by atoms with van der Waals surface area (Å²) in [5, 5.41) is 7.31. The number of hydrogen-bond donors (Lipinski definition) is 2. The van der Waals surface area contributed by atoms with Gasteiger partial charge in [-0.25, -0.2) is 4.99 Å². The second-order valence-corrected chi connectivity index (χ2v) is 5.04. The van der Waals surface area contributed by atoms with Gasteiger partial charge in [-0.15, -0.1) is 0 Å². The molecule has 0 radical (unpaired) electrons. The Morgan fingerprint density at radius 2 is 1.95 bits per heavy atom. The van der Waals surface area contributed by atoms with Crippen molar-refractivity contribution in [2.24, 2.45) is 4.99 Å². The highest BCUT2D eigenvalue weighted by Crippen LogP contribution is 2.28. The Morgan fingerprint density at radius 3 is 2.80 bits per heavy atom. The summed E-state index contributed by atoms with van der Waals surface area (Å²) in [4.78, 5) is 4.64. The second-order valence-electron chi connectivity index (χ2n) is 4.60. The van der Waals surface area contributed by atoms with E-state index in [9.17, 15) is 0 Å². The first-order valence-corrected chi connectivity index (χ1v) is 6.74. The van der Waals surface area contributed by atoms with Crippen molar-refractivity contribution < 1.29 is 0 Å². The molecule has 0 bridgehead atoms. The molecule has 0 saturated heterocycles. The number of anilines is 2. The minimum Gasteiger partial charge on any atom is -0.357 e. The summed E-state index contributed by atoms with van der Waals surface area (Å²) >= 11 is 6.00. The zero-order chi connectivity index (χ0) is 13.9. The van der Waals surface area contributed by atoms with Crippen LogP contribution in [-0.2, 0) is 0 Å². The van der Waals surface area contributed by atoms with Crippen molar-refractivity contribution in [3.8, 4) is 0 Å². The van der Waals surface area contributed by atoms with E-state index in [0.717, 1.165) is 28.6 Å². The number of nitrogens with zero attached hydrogens (tertiary/aromatic N) is 1. The molecule has 0 saturated carbocycles. The first-order chi connectivity index (χ1) is 9.70. The maximum Gasteiger partial charge on any atom is 0.132 e. The quantitative estimate of drug-likeness (QED) is 0.788. The van der Waals surface area contributed by atoms with Gasteiger partial charge in [0, 0.05) is 16.4 Å². The summed E-state index contributed by atoms with van der Waals surface area (Å²) in [5.74, 6) is 0.780. The van der Waals surface area contributed by atoms with Gasteiger partial charge in [0.05, 0.1) is 11.4 Å². The number of halogens is 1.